The van der Waals surface area contributed by atoms with Crippen LogP contribution >= 0.6 is 34.8 Å². The zero-order chi connectivity index (χ0) is 21.4. The normalized spacial score (nSPS) is 24.4. The standard InChI is InChI=1S/C22H29Cl3O4/c1-14(2)29-22(27)8-6-4-3-5-7-18-19(21(26)12-20(18)25)13-28-17-10-15(23)9-16(24)11-17/h3,5,9-11,14,18-21,26H,4,6-8,12-13H2,1-2H3/t18-,19-,20?,21-/m1/s1. The van der Waals surface area contributed by atoms with Crippen molar-refractivity contribution in [1.82, 2.24) is 0 Å². The zero-order valence-electron chi connectivity index (χ0n) is 16.8. The molecular weight excluding hydrogens is 435 g/mol. The number of rotatable bonds is 10. The van der Waals surface area contributed by atoms with Crippen LogP contribution in [0.25, 0.3) is 0 Å². The molecule has 1 N–H and O–H groups in total. The lowest BCUT2D eigenvalue weighted by Gasteiger charge is -2.22. The molecule has 1 aliphatic carbocycles. The highest BCUT2D eigenvalue weighted by Gasteiger charge is 2.41. The summed E-state index contributed by atoms with van der Waals surface area (Å²) in [5.41, 5.74) is 0. The number of ether oxygens (including phenoxy) is 2. The summed E-state index contributed by atoms with van der Waals surface area (Å²) in [5.74, 6) is 0.464. The maximum Gasteiger partial charge on any atom is 0.306 e. The molecule has 162 valence electrons. The highest BCUT2D eigenvalue weighted by Crippen LogP contribution is 2.39. The first-order valence-corrected chi connectivity index (χ1v) is 11.2. The highest BCUT2D eigenvalue weighted by atomic mass is 35.5. The van der Waals surface area contributed by atoms with Crippen molar-refractivity contribution in [3.05, 3.63) is 40.4 Å². The van der Waals surface area contributed by atoms with Crippen molar-refractivity contribution in [3.8, 4) is 5.75 Å². The number of hydrogen-bond donors (Lipinski definition) is 1. The second-order valence-electron chi connectivity index (χ2n) is 7.70. The third-order valence-electron chi connectivity index (χ3n) is 4.95. The Balaban J connectivity index is 1.80. The van der Waals surface area contributed by atoms with Gasteiger partial charge in [-0.3, -0.25) is 4.79 Å². The average Bonchev–Trinajstić information content (AvgIpc) is 2.87. The topological polar surface area (TPSA) is 55.8 Å². The number of unbranched alkanes of at least 4 members (excludes halogenated alkanes) is 1. The molecule has 4 atom stereocenters. The Morgan fingerprint density at radius 3 is 2.55 bits per heavy atom. The van der Waals surface area contributed by atoms with Crippen molar-refractivity contribution in [1.29, 1.82) is 0 Å². The fraction of sp³-hybridized carbons (Fsp3) is 0.591. The number of aliphatic hydroxyl groups is 1. The molecule has 4 nitrogen and oxygen atoms in total. The van der Waals surface area contributed by atoms with Gasteiger partial charge in [-0.05, 0) is 63.6 Å². The number of allylic oxidation sites excluding steroid dienone is 2. The van der Waals surface area contributed by atoms with E-state index in [1.165, 1.54) is 0 Å². The monoisotopic (exact) mass is 462 g/mol. The SMILES string of the molecule is CC(C)OC(=O)CCCC=CC[C@H]1C(Cl)C[C@@H](O)[C@@H]1COc1cc(Cl)cc(Cl)c1. The van der Waals surface area contributed by atoms with Gasteiger partial charge in [-0.1, -0.05) is 35.4 Å². The summed E-state index contributed by atoms with van der Waals surface area (Å²) in [5, 5.41) is 11.3. The van der Waals surface area contributed by atoms with Crippen molar-refractivity contribution in [3.63, 3.8) is 0 Å². The van der Waals surface area contributed by atoms with Gasteiger partial charge in [0.25, 0.3) is 0 Å². The van der Waals surface area contributed by atoms with E-state index in [2.05, 4.69) is 12.2 Å². The first-order chi connectivity index (χ1) is 13.8. The summed E-state index contributed by atoms with van der Waals surface area (Å²) in [6, 6.07) is 5.05. The van der Waals surface area contributed by atoms with Crippen LogP contribution in [-0.2, 0) is 9.53 Å². The van der Waals surface area contributed by atoms with Gasteiger partial charge in [0.2, 0.25) is 0 Å². The van der Waals surface area contributed by atoms with Crippen LogP contribution < -0.4 is 4.74 Å². The minimum atomic E-state index is -0.503. The maximum atomic E-state index is 11.5. The van der Waals surface area contributed by atoms with Crippen molar-refractivity contribution in [2.75, 3.05) is 6.61 Å². The Bertz CT molecular complexity index is 672. The Morgan fingerprint density at radius 2 is 1.90 bits per heavy atom. The lowest BCUT2D eigenvalue weighted by atomic mass is 9.92. The van der Waals surface area contributed by atoms with Crippen LogP contribution in [0.3, 0.4) is 0 Å². The Kier molecular flexibility index (Phi) is 10.1. The van der Waals surface area contributed by atoms with Gasteiger partial charge in [-0.25, -0.2) is 0 Å². The summed E-state index contributed by atoms with van der Waals surface area (Å²) in [6.07, 6.45) is 6.84. The minimum Gasteiger partial charge on any atom is -0.493 e. The Hall–Kier alpha value is -0.940. The third kappa shape index (κ3) is 8.37. The number of esters is 1. The van der Waals surface area contributed by atoms with Crippen molar-refractivity contribution in [2.24, 2.45) is 11.8 Å². The van der Waals surface area contributed by atoms with E-state index in [4.69, 9.17) is 44.3 Å². The fourth-order valence-electron chi connectivity index (χ4n) is 3.55. The van der Waals surface area contributed by atoms with Gasteiger partial charge >= 0.3 is 5.97 Å². The van der Waals surface area contributed by atoms with Crippen LogP contribution in [0.5, 0.6) is 5.75 Å². The van der Waals surface area contributed by atoms with Crippen LogP contribution in [0.2, 0.25) is 10.0 Å². The van der Waals surface area contributed by atoms with E-state index in [0.717, 1.165) is 19.3 Å². The smallest absolute Gasteiger partial charge is 0.306 e. The van der Waals surface area contributed by atoms with E-state index in [1.807, 2.05) is 13.8 Å². The Labute approximate surface area is 188 Å². The van der Waals surface area contributed by atoms with Crippen molar-refractivity contribution >= 4 is 40.8 Å². The van der Waals surface area contributed by atoms with Gasteiger partial charge in [-0.15, -0.1) is 11.6 Å². The molecule has 0 saturated heterocycles. The summed E-state index contributed by atoms with van der Waals surface area (Å²) in [7, 11) is 0. The summed E-state index contributed by atoms with van der Waals surface area (Å²) >= 11 is 18.5. The number of carbonyl (C=O) groups is 1. The molecule has 2 rings (SSSR count). The summed E-state index contributed by atoms with van der Waals surface area (Å²) < 4.78 is 11.0. The molecule has 0 aromatic heterocycles. The number of carbonyl (C=O) groups excluding carboxylic acids is 1. The van der Waals surface area contributed by atoms with Gasteiger partial charge < -0.3 is 14.6 Å². The van der Waals surface area contributed by atoms with Crippen LogP contribution in [0.4, 0.5) is 0 Å². The number of hydrogen-bond acceptors (Lipinski definition) is 4. The van der Waals surface area contributed by atoms with Gasteiger partial charge in [0.15, 0.2) is 0 Å². The summed E-state index contributed by atoms with van der Waals surface area (Å²) in [4.78, 5) is 11.5. The molecule has 29 heavy (non-hydrogen) atoms. The minimum absolute atomic E-state index is 0.0686. The van der Waals surface area contributed by atoms with Gasteiger partial charge in [0.1, 0.15) is 5.75 Å². The molecule has 0 amide bonds. The molecule has 7 heteroatoms. The predicted molar refractivity (Wildman–Crippen MR) is 118 cm³/mol. The van der Waals surface area contributed by atoms with E-state index >= 15 is 0 Å². The fourth-order valence-corrected chi connectivity index (χ4v) is 4.53. The molecule has 1 aromatic carbocycles. The molecule has 0 spiro atoms. The van der Waals surface area contributed by atoms with Crippen molar-refractivity contribution in [2.45, 2.75) is 63.5 Å². The van der Waals surface area contributed by atoms with Crippen LogP contribution in [0, 0.1) is 11.8 Å². The molecule has 0 aliphatic heterocycles. The zero-order valence-corrected chi connectivity index (χ0v) is 19.1. The van der Waals surface area contributed by atoms with E-state index in [9.17, 15) is 9.90 Å². The van der Waals surface area contributed by atoms with E-state index in [0.29, 0.717) is 35.2 Å². The molecular formula is C22H29Cl3O4. The lowest BCUT2D eigenvalue weighted by molar-refractivity contribution is -0.147. The first-order valence-electron chi connectivity index (χ1n) is 10.0. The first kappa shape index (κ1) is 24.3. The highest BCUT2D eigenvalue weighted by molar-refractivity contribution is 6.34. The number of alkyl halides is 1. The molecule has 0 heterocycles. The van der Waals surface area contributed by atoms with E-state index in [1.54, 1.807) is 18.2 Å². The van der Waals surface area contributed by atoms with Gasteiger partial charge in [0.05, 0.1) is 18.8 Å². The van der Waals surface area contributed by atoms with Crippen LogP contribution in [0.15, 0.2) is 30.4 Å². The molecule has 0 bridgehead atoms. The number of benzene rings is 1. The maximum absolute atomic E-state index is 11.5. The second-order valence-corrected chi connectivity index (χ2v) is 9.13. The number of halogens is 3. The Morgan fingerprint density at radius 1 is 1.21 bits per heavy atom. The number of aliphatic hydroxyl groups excluding tert-OH is 1. The third-order valence-corrected chi connectivity index (χ3v) is 5.89. The quantitative estimate of drug-likeness (QED) is 0.199. The lowest BCUT2D eigenvalue weighted by Crippen LogP contribution is -2.27. The largest absolute Gasteiger partial charge is 0.493 e. The predicted octanol–water partition coefficient (Wildman–Crippen LogP) is 6.04. The van der Waals surface area contributed by atoms with Gasteiger partial charge in [-0.2, -0.15) is 0 Å². The molecule has 0 radical (unpaired) electrons. The van der Waals surface area contributed by atoms with E-state index in [-0.39, 0.29) is 29.3 Å². The second kappa shape index (κ2) is 12.0. The van der Waals surface area contributed by atoms with Crippen LogP contribution in [0.1, 0.15) is 46.0 Å². The van der Waals surface area contributed by atoms with Gasteiger partial charge in [0, 0.05) is 27.8 Å². The summed E-state index contributed by atoms with van der Waals surface area (Å²) in [6.45, 7) is 4.04. The van der Waals surface area contributed by atoms with E-state index < -0.39 is 6.10 Å². The van der Waals surface area contributed by atoms with Crippen molar-refractivity contribution < 1.29 is 19.4 Å². The molecule has 1 aromatic rings. The average molecular weight is 464 g/mol. The molecule has 1 saturated carbocycles. The van der Waals surface area contributed by atoms with Crippen LogP contribution in [-0.4, -0.2) is 35.3 Å². The molecule has 1 unspecified atom stereocenters. The molecule has 1 aliphatic rings. The molecule has 1 fully saturated rings.